The molecule has 0 saturated heterocycles. The van der Waals surface area contributed by atoms with Gasteiger partial charge in [-0.15, -0.1) is 0 Å². The summed E-state index contributed by atoms with van der Waals surface area (Å²) in [4.78, 5) is 36.4. The highest BCUT2D eigenvalue weighted by Gasteiger charge is 2.36. The van der Waals surface area contributed by atoms with E-state index in [4.69, 9.17) is 29.0 Å². The maximum absolute atomic E-state index is 13.2. The van der Waals surface area contributed by atoms with Crippen molar-refractivity contribution in [2.45, 2.75) is 66.5 Å². The van der Waals surface area contributed by atoms with Crippen LogP contribution in [0.5, 0.6) is 0 Å². The van der Waals surface area contributed by atoms with E-state index in [1.165, 1.54) is 6.33 Å². The lowest BCUT2D eigenvalue weighted by molar-refractivity contribution is -0.162. The average molecular weight is 528 g/mol. The molecule has 0 atom stereocenters. The van der Waals surface area contributed by atoms with Gasteiger partial charge < -0.3 is 24.5 Å². The summed E-state index contributed by atoms with van der Waals surface area (Å²) in [5, 5.41) is 0. The summed E-state index contributed by atoms with van der Waals surface area (Å²) >= 11 is 0. The van der Waals surface area contributed by atoms with Crippen LogP contribution in [0.4, 0.5) is 5.82 Å². The number of nitrogen functional groups attached to an aromatic ring is 1. The van der Waals surface area contributed by atoms with Crippen molar-refractivity contribution in [3.63, 3.8) is 0 Å². The molecule has 200 valence electrons. The van der Waals surface area contributed by atoms with Crippen LogP contribution in [0.2, 0.25) is 0 Å². The number of fused-ring (bicyclic) bond motifs is 1. The van der Waals surface area contributed by atoms with Crippen molar-refractivity contribution in [2.24, 2.45) is 10.8 Å². The maximum Gasteiger partial charge on any atom is 0.361 e. The standard InChI is InChI=1S/C22H34N5O8P/c1-21(2,3)19(28)31-11-34-36(30,35-12-32-20(29)22(4,5)6)13-33-15-7-14(8-15)27-10-26-16-17(23)24-9-25-18(16)27/h9-10,14-15H,7-8,11-13H2,1-6H3,(H2,23,24,25)/t14-,15+. The highest BCUT2D eigenvalue weighted by atomic mass is 31.2. The Morgan fingerprint density at radius 1 is 1.00 bits per heavy atom. The third-order valence-electron chi connectivity index (χ3n) is 5.42. The first-order chi connectivity index (χ1) is 16.7. The van der Waals surface area contributed by atoms with Crippen molar-refractivity contribution in [1.82, 2.24) is 19.5 Å². The first kappa shape index (κ1) is 28.0. The van der Waals surface area contributed by atoms with Crippen LogP contribution in [0.25, 0.3) is 11.2 Å². The molecule has 1 aliphatic rings. The van der Waals surface area contributed by atoms with Crippen molar-refractivity contribution in [1.29, 1.82) is 0 Å². The summed E-state index contributed by atoms with van der Waals surface area (Å²) < 4.78 is 41.6. The Labute approximate surface area is 209 Å². The van der Waals surface area contributed by atoms with Gasteiger partial charge in [0.15, 0.2) is 11.5 Å². The van der Waals surface area contributed by atoms with E-state index in [1.54, 1.807) is 47.9 Å². The first-order valence-corrected chi connectivity index (χ1v) is 13.2. The van der Waals surface area contributed by atoms with Crippen molar-refractivity contribution in [2.75, 3.05) is 25.7 Å². The van der Waals surface area contributed by atoms with Gasteiger partial charge in [0, 0.05) is 6.04 Å². The van der Waals surface area contributed by atoms with E-state index in [2.05, 4.69) is 15.0 Å². The lowest BCUT2D eigenvalue weighted by Crippen LogP contribution is -2.33. The van der Waals surface area contributed by atoms with E-state index >= 15 is 0 Å². The minimum Gasteiger partial charge on any atom is -0.438 e. The zero-order valence-electron chi connectivity index (χ0n) is 21.4. The third kappa shape index (κ3) is 7.00. The predicted octanol–water partition coefficient (Wildman–Crippen LogP) is 3.41. The molecule has 2 heterocycles. The van der Waals surface area contributed by atoms with Crippen molar-refractivity contribution < 1.29 is 37.4 Å². The Bertz CT molecular complexity index is 1100. The number of nitrogens with two attached hydrogens (primary N) is 1. The summed E-state index contributed by atoms with van der Waals surface area (Å²) in [5.41, 5.74) is 5.48. The van der Waals surface area contributed by atoms with Gasteiger partial charge >= 0.3 is 19.5 Å². The normalized spacial score (nSPS) is 18.6. The van der Waals surface area contributed by atoms with Crippen LogP contribution in [-0.2, 0) is 37.4 Å². The SMILES string of the molecule is CC(C)(C)C(=O)OCOP(=O)(CO[C@H]1C[C@@H](n2cnc3c(N)ncnc32)C1)OCOC(=O)C(C)(C)C. The number of imidazole rings is 1. The second kappa shape index (κ2) is 10.8. The zero-order valence-corrected chi connectivity index (χ0v) is 22.3. The quantitative estimate of drug-likeness (QED) is 0.272. The van der Waals surface area contributed by atoms with Crippen LogP contribution in [0, 0.1) is 10.8 Å². The van der Waals surface area contributed by atoms with Crippen LogP contribution in [0.15, 0.2) is 12.7 Å². The zero-order chi connectivity index (χ0) is 26.7. The van der Waals surface area contributed by atoms with E-state index in [-0.39, 0.29) is 12.1 Å². The largest absolute Gasteiger partial charge is 0.438 e. The maximum atomic E-state index is 13.2. The number of hydrogen-bond acceptors (Lipinski definition) is 12. The predicted molar refractivity (Wildman–Crippen MR) is 128 cm³/mol. The fourth-order valence-electron chi connectivity index (χ4n) is 3.10. The summed E-state index contributed by atoms with van der Waals surface area (Å²) in [6.07, 6.45) is 3.60. The molecular weight excluding hydrogens is 493 g/mol. The van der Waals surface area contributed by atoms with Gasteiger partial charge in [-0.2, -0.15) is 0 Å². The molecule has 0 aromatic carbocycles. The number of nitrogens with zero attached hydrogens (tertiary/aromatic N) is 4. The van der Waals surface area contributed by atoms with Crippen LogP contribution in [0.1, 0.15) is 60.4 Å². The number of carbonyl (C=O) groups is 2. The highest BCUT2D eigenvalue weighted by molar-refractivity contribution is 7.53. The summed E-state index contributed by atoms with van der Waals surface area (Å²) in [6, 6.07) is 0.0657. The summed E-state index contributed by atoms with van der Waals surface area (Å²) in [5.74, 6) is -0.763. The van der Waals surface area contributed by atoms with E-state index in [0.717, 1.165) is 0 Å². The molecule has 0 amide bonds. The Kier molecular flexibility index (Phi) is 8.39. The molecule has 1 saturated carbocycles. The smallest absolute Gasteiger partial charge is 0.361 e. The molecule has 2 aromatic rings. The number of carbonyl (C=O) groups excluding carboxylic acids is 2. The number of hydrogen-bond donors (Lipinski definition) is 1. The van der Waals surface area contributed by atoms with Gasteiger partial charge in [0.1, 0.15) is 18.2 Å². The average Bonchev–Trinajstić information content (AvgIpc) is 3.16. The molecule has 14 heteroatoms. The molecular formula is C22H34N5O8P. The second-order valence-corrected chi connectivity index (χ2v) is 12.6. The number of aromatic nitrogens is 4. The van der Waals surface area contributed by atoms with Crippen LogP contribution >= 0.6 is 7.60 Å². The van der Waals surface area contributed by atoms with Crippen molar-refractivity contribution in [3.05, 3.63) is 12.7 Å². The lowest BCUT2D eigenvalue weighted by atomic mass is 9.89. The summed E-state index contributed by atoms with van der Waals surface area (Å²) in [6.45, 7) is 8.87. The number of esters is 2. The molecule has 0 aliphatic heterocycles. The highest BCUT2D eigenvalue weighted by Crippen LogP contribution is 2.50. The fourth-order valence-corrected chi connectivity index (χ4v) is 4.14. The molecule has 0 spiro atoms. The van der Waals surface area contributed by atoms with E-state index in [9.17, 15) is 14.2 Å². The van der Waals surface area contributed by atoms with Gasteiger partial charge in [-0.25, -0.2) is 15.0 Å². The lowest BCUT2D eigenvalue weighted by Gasteiger charge is -2.36. The van der Waals surface area contributed by atoms with Crippen molar-refractivity contribution >= 4 is 36.5 Å². The van der Waals surface area contributed by atoms with E-state index in [0.29, 0.717) is 29.8 Å². The van der Waals surface area contributed by atoms with Gasteiger partial charge in [0.2, 0.25) is 13.6 Å². The topological polar surface area (TPSA) is 167 Å². The molecule has 0 radical (unpaired) electrons. The van der Waals surface area contributed by atoms with Gasteiger partial charge in [0.25, 0.3) is 0 Å². The molecule has 1 fully saturated rings. The Hall–Kier alpha value is -2.60. The minimum absolute atomic E-state index is 0.0657. The van der Waals surface area contributed by atoms with Crippen LogP contribution in [-0.4, -0.2) is 57.5 Å². The van der Waals surface area contributed by atoms with Crippen molar-refractivity contribution in [3.8, 4) is 0 Å². The van der Waals surface area contributed by atoms with Gasteiger partial charge in [-0.3, -0.25) is 23.2 Å². The van der Waals surface area contributed by atoms with Gasteiger partial charge in [-0.05, 0) is 54.4 Å². The summed E-state index contributed by atoms with van der Waals surface area (Å²) in [7, 11) is -3.93. The Balaban J connectivity index is 1.55. The Morgan fingerprint density at radius 2 is 1.56 bits per heavy atom. The molecule has 3 rings (SSSR count). The van der Waals surface area contributed by atoms with E-state index < -0.39 is 50.3 Å². The first-order valence-electron chi connectivity index (χ1n) is 11.5. The number of rotatable bonds is 10. The van der Waals surface area contributed by atoms with Gasteiger partial charge in [0.05, 0.1) is 23.3 Å². The second-order valence-electron chi connectivity index (χ2n) is 10.6. The monoisotopic (exact) mass is 527 g/mol. The molecule has 36 heavy (non-hydrogen) atoms. The fraction of sp³-hybridized carbons (Fsp3) is 0.682. The molecule has 2 N–H and O–H groups in total. The van der Waals surface area contributed by atoms with Crippen LogP contribution in [0.3, 0.4) is 0 Å². The molecule has 13 nitrogen and oxygen atoms in total. The number of anilines is 1. The number of ether oxygens (including phenoxy) is 3. The molecule has 0 bridgehead atoms. The van der Waals surface area contributed by atoms with E-state index in [1.807, 2.05) is 4.57 Å². The Morgan fingerprint density at radius 3 is 2.08 bits per heavy atom. The van der Waals surface area contributed by atoms with Gasteiger partial charge in [-0.1, -0.05) is 0 Å². The van der Waals surface area contributed by atoms with Crippen LogP contribution < -0.4 is 5.73 Å². The molecule has 0 unspecified atom stereocenters. The molecule has 1 aliphatic carbocycles. The third-order valence-corrected chi connectivity index (χ3v) is 6.89. The molecule has 2 aromatic heterocycles. The minimum atomic E-state index is -3.93.